The van der Waals surface area contributed by atoms with Crippen molar-refractivity contribution < 1.29 is 14.3 Å². The van der Waals surface area contributed by atoms with E-state index in [0.717, 1.165) is 24.4 Å². The molecule has 0 unspecified atom stereocenters. The van der Waals surface area contributed by atoms with Gasteiger partial charge in [-0.15, -0.1) is 0 Å². The first-order valence-electron chi connectivity index (χ1n) is 11.1. The molecule has 34 heavy (non-hydrogen) atoms. The number of anilines is 1. The average Bonchev–Trinajstić information content (AvgIpc) is 3.17. The van der Waals surface area contributed by atoms with Crippen molar-refractivity contribution in [1.82, 2.24) is 15.3 Å². The van der Waals surface area contributed by atoms with Crippen LogP contribution < -0.4 is 15.1 Å². The van der Waals surface area contributed by atoms with Gasteiger partial charge in [0.2, 0.25) is 5.91 Å². The molecule has 0 spiro atoms. The summed E-state index contributed by atoms with van der Waals surface area (Å²) in [6.45, 7) is 2.99. The lowest BCUT2D eigenvalue weighted by atomic mass is 10.1. The van der Waals surface area contributed by atoms with E-state index in [1.807, 2.05) is 66.7 Å². The maximum Gasteiger partial charge on any atom is 0.278 e. The first-order chi connectivity index (χ1) is 16.5. The van der Waals surface area contributed by atoms with Crippen LogP contribution in [0.4, 0.5) is 5.69 Å². The van der Waals surface area contributed by atoms with Gasteiger partial charge in [0.25, 0.3) is 5.91 Å². The second-order valence-electron chi connectivity index (χ2n) is 8.19. The third kappa shape index (κ3) is 5.25. The molecule has 9 heteroatoms. The summed E-state index contributed by atoms with van der Waals surface area (Å²) in [6.07, 6.45) is 0.471. The maximum absolute atomic E-state index is 13.5. The maximum atomic E-state index is 13.5. The van der Waals surface area contributed by atoms with Gasteiger partial charge >= 0.3 is 0 Å². The number of methoxy groups -OCH3 is 1. The number of thioether (sulfide) groups is 1. The molecule has 2 aliphatic heterocycles. The normalized spacial score (nSPS) is 20.7. The standard InChI is InChI=1S/C25H27N5O3S/c1-28-12-14-29(15-13-28)27-23(31)21(17-26)25-30(19-6-4-3-5-7-19)24(32)22(34-25)16-18-8-10-20(33-2)11-9-18/h3-11,22H,12-16H2,1-2H3,(H,27,31)/b25-21+/t22-/m1/s1. The zero-order chi connectivity index (χ0) is 24.1. The van der Waals surface area contributed by atoms with E-state index in [0.29, 0.717) is 30.2 Å². The number of nitriles is 1. The number of amides is 2. The van der Waals surface area contributed by atoms with E-state index in [2.05, 4.69) is 16.4 Å². The predicted octanol–water partition coefficient (Wildman–Crippen LogP) is 2.40. The quantitative estimate of drug-likeness (QED) is 0.505. The molecule has 0 aliphatic carbocycles. The Hall–Kier alpha value is -3.32. The highest BCUT2D eigenvalue weighted by atomic mass is 32.2. The van der Waals surface area contributed by atoms with Crippen molar-refractivity contribution in [2.45, 2.75) is 11.7 Å². The minimum absolute atomic E-state index is 0.0571. The summed E-state index contributed by atoms with van der Waals surface area (Å²) in [7, 11) is 3.64. The first-order valence-corrected chi connectivity index (χ1v) is 12.0. The Morgan fingerprint density at radius 2 is 1.79 bits per heavy atom. The lowest BCUT2D eigenvalue weighted by molar-refractivity contribution is -0.122. The van der Waals surface area contributed by atoms with Gasteiger partial charge in [0.1, 0.15) is 22.4 Å². The van der Waals surface area contributed by atoms with Crippen LogP contribution in [0.15, 0.2) is 65.2 Å². The molecule has 1 atom stereocenters. The van der Waals surface area contributed by atoms with E-state index in [-0.39, 0.29) is 11.5 Å². The molecular weight excluding hydrogens is 450 g/mol. The van der Waals surface area contributed by atoms with E-state index in [4.69, 9.17) is 4.74 Å². The Bertz CT molecular complexity index is 1110. The summed E-state index contributed by atoms with van der Waals surface area (Å²) in [4.78, 5) is 30.3. The Kier molecular flexibility index (Phi) is 7.53. The van der Waals surface area contributed by atoms with E-state index in [9.17, 15) is 14.9 Å². The van der Waals surface area contributed by atoms with Gasteiger partial charge in [-0.05, 0) is 43.3 Å². The van der Waals surface area contributed by atoms with Crippen LogP contribution in [-0.2, 0) is 16.0 Å². The predicted molar refractivity (Wildman–Crippen MR) is 132 cm³/mol. The van der Waals surface area contributed by atoms with Gasteiger partial charge in [-0.1, -0.05) is 42.1 Å². The van der Waals surface area contributed by atoms with Gasteiger partial charge in [0.15, 0.2) is 0 Å². The van der Waals surface area contributed by atoms with Gasteiger partial charge < -0.3 is 9.64 Å². The van der Waals surface area contributed by atoms with Crippen LogP contribution in [0, 0.1) is 11.3 Å². The van der Waals surface area contributed by atoms with Crippen molar-refractivity contribution in [1.29, 1.82) is 5.26 Å². The molecule has 2 heterocycles. The largest absolute Gasteiger partial charge is 0.497 e. The number of ether oxygens (including phenoxy) is 1. The molecule has 176 valence electrons. The van der Waals surface area contributed by atoms with Gasteiger partial charge in [0.05, 0.1) is 12.4 Å². The summed E-state index contributed by atoms with van der Waals surface area (Å²) in [6, 6.07) is 18.8. The van der Waals surface area contributed by atoms with E-state index in [1.165, 1.54) is 16.7 Å². The number of para-hydroxylation sites is 1. The number of likely N-dealkylation sites (N-methyl/N-ethyl adjacent to an activating group) is 1. The second-order valence-corrected chi connectivity index (χ2v) is 9.38. The number of rotatable bonds is 6. The van der Waals surface area contributed by atoms with Crippen molar-refractivity contribution in [3.63, 3.8) is 0 Å². The van der Waals surface area contributed by atoms with Crippen molar-refractivity contribution in [2.24, 2.45) is 0 Å². The SMILES string of the molecule is COc1ccc(C[C@H]2S/C(=C(\C#N)C(=O)NN3CCN(C)CC3)N(c3ccccc3)C2=O)cc1. The number of hydrogen-bond acceptors (Lipinski definition) is 7. The van der Waals surface area contributed by atoms with E-state index < -0.39 is 11.2 Å². The number of carbonyl (C=O) groups is 2. The van der Waals surface area contributed by atoms with Gasteiger partial charge in [-0.25, -0.2) is 5.01 Å². The van der Waals surface area contributed by atoms with Gasteiger partial charge in [0, 0.05) is 31.9 Å². The summed E-state index contributed by atoms with van der Waals surface area (Å²) < 4.78 is 5.22. The number of hydrogen-bond donors (Lipinski definition) is 1. The Labute approximate surface area is 203 Å². The zero-order valence-electron chi connectivity index (χ0n) is 19.2. The van der Waals surface area contributed by atoms with Gasteiger partial charge in [-0.2, -0.15) is 5.26 Å². The summed E-state index contributed by atoms with van der Waals surface area (Å²) >= 11 is 1.26. The lowest BCUT2D eigenvalue weighted by Crippen LogP contribution is -2.53. The topological polar surface area (TPSA) is 88.9 Å². The number of hydrazine groups is 1. The first kappa shape index (κ1) is 23.8. The second kappa shape index (κ2) is 10.7. The zero-order valence-corrected chi connectivity index (χ0v) is 20.0. The average molecular weight is 478 g/mol. The Balaban J connectivity index is 1.62. The van der Waals surface area contributed by atoms with Crippen LogP contribution in [0.2, 0.25) is 0 Å². The van der Waals surface area contributed by atoms with E-state index >= 15 is 0 Å². The summed E-state index contributed by atoms with van der Waals surface area (Å²) in [5.74, 6) is 0.100. The van der Waals surface area contributed by atoms with E-state index in [1.54, 1.807) is 7.11 Å². The molecule has 0 aromatic heterocycles. The minimum Gasteiger partial charge on any atom is -0.497 e. The van der Waals surface area contributed by atoms with Crippen LogP contribution in [-0.4, -0.2) is 67.3 Å². The summed E-state index contributed by atoms with van der Waals surface area (Å²) in [5, 5.41) is 11.7. The molecule has 4 rings (SSSR count). The Morgan fingerprint density at radius 1 is 1.12 bits per heavy atom. The molecule has 2 fully saturated rings. The highest BCUT2D eigenvalue weighted by molar-refractivity contribution is 8.05. The fourth-order valence-corrected chi connectivity index (χ4v) is 5.20. The number of nitrogens with zero attached hydrogens (tertiary/aromatic N) is 4. The highest BCUT2D eigenvalue weighted by Gasteiger charge is 2.41. The number of piperazine rings is 1. The molecule has 8 nitrogen and oxygen atoms in total. The molecule has 2 aliphatic rings. The summed E-state index contributed by atoms with van der Waals surface area (Å²) in [5.41, 5.74) is 4.40. The van der Waals surface area contributed by atoms with Crippen LogP contribution in [0.3, 0.4) is 0 Å². The van der Waals surface area contributed by atoms with Crippen LogP contribution >= 0.6 is 11.8 Å². The van der Waals surface area contributed by atoms with Crippen molar-refractivity contribution in [3.05, 3.63) is 70.8 Å². The number of carbonyl (C=O) groups excluding carboxylic acids is 2. The molecule has 0 bridgehead atoms. The minimum atomic E-state index is -0.492. The van der Waals surface area contributed by atoms with Crippen LogP contribution in [0.1, 0.15) is 5.56 Å². The monoisotopic (exact) mass is 477 g/mol. The molecule has 1 N–H and O–H groups in total. The van der Waals surface area contributed by atoms with Crippen molar-refractivity contribution >= 4 is 29.3 Å². The molecule has 2 aromatic rings. The third-order valence-electron chi connectivity index (χ3n) is 5.86. The van der Waals surface area contributed by atoms with Crippen molar-refractivity contribution in [3.8, 4) is 11.8 Å². The fourth-order valence-electron chi connectivity index (χ4n) is 3.89. The van der Waals surface area contributed by atoms with Crippen LogP contribution in [0.5, 0.6) is 5.75 Å². The third-order valence-corrected chi connectivity index (χ3v) is 7.13. The molecule has 2 amide bonds. The molecular formula is C25H27N5O3S. The molecule has 0 radical (unpaired) electrons. The smallest absolute Gasteiger partial charge is 0.278 e. The molecule has 2 aromatic carbocycles. The molecule has 0 saturated carbocycles. The fraction of sp³-hybridized carbons (Fsp3) is 0.320. The van der Waals surface area contributed by atoms with Crippen molar-refractivity contribution in [2.75, 3.05) is 45.2 Å². The van der Waals surface area contributed by atoms with Gasteiger partial charge in [-0.3, -0.25) is 19.9 Å². The number of nitrogens with one attached hydrogen (secondary N) is 1. The van der Waals surface area contributed by atoms with Crippen LogP contribution in [0.25, 0.3) is 0 Å². The lowest BCUT2D eigenvalue weighted by Gasteiger charge is -2.32. The highest BCUT2D eigenvalue weighted by Crippen LogP contribution is 2.41. The Morgan fingerprint density at radius 3 is 2.41 bits per heavy atom. The molecule has 2 saturated heterocycles. The number of benzene rings is 2.